The number of rotatable bonds is 5. The molecule has 0 saturated heterocycles. The van der Waals surface area contributed by atoms with E-state index in [1.165, 1.54) is 0 Å². The molecule has 0 aliphatic rings. The van der Waals surface area contributed by atoms with Gasteiger partial charge in [0.25, 0.3) is 5.91 Å². The van der Waals surface area contributed by atoms with Crippen molar-refractivity contribution in [3.05, 3.63) is 83.7 Å². The smallest absolute Gasteiger partial charge is 0.272 e. The Kier molecular flexibility index (Phi) is 4.61. The van der Waals surface area contributed by atoms with Crippen molar-refractivity contribution < 1.29 is 9.59 Å². The minimum Gasteiger partial charge on any atom is -0.368 e. The Balaban J connectivity index is 1.85. The summed E-state index contributed by atoms with van der Waals surface area (Å²) in [5, 5.41) is 6.99. The van der Waals surface area contributed by atoms with Crippen LogP contribution in [-0.2, 0) is 4.79 Å². The second-order valence-electron chi connectivity index (χ2n) is 5.64. The minimum atomic E-state index is -0.907. The molecule has 6 heteroatoms. The fourth-order valence-corrected chi connectivity index (χ4v) is 2.59. The average molecular weight is 334 g/mol. The number of nitrogens with one attached hydrogen (secondary N) is 1. The molecule has 0 bridgehead atoms. The van der Waals surface area contributed by atoms with Crippen molar-refractivity contribution in [2.75, 3.05) is 0 Å². The lowest BCUT2D eigenvalue weighted by molar-refractivity contribution is -0.120. The summed E-state index contributed by atoms with van der Waals surface area (Å²) in [6.07, 6.45) is 0. The van der Waals surface area contributed by atoms with Crippen molar-refractivity contribution in [1.29, 1.82) is 0 Å². The van der Waals surface area contributed by atoms with Crippen LogP contribution in [0.2, 0.25) is 0 Å². The number of aryl methyl sites for hydroxylation is 1. The number of primary amides is 1. The fourth-order valence-electron chi connectivity index (χ4n) is 2.59. The summed E-state index contributed by atoms with van der Waals surface area (Å²) in [6, 6.07) is 19.1. The first-order chi connectivity index (χ1) is 12.1. The van der Waals surface area contributed by atoms with E-state index in [2.05, 4.69) is 10.4 Å². The molecule has 0 radical (unpaired) electrons. The molecule has 6 nitrogen and oxygen atoms in total. The monoisotopic (exact) mass is 334 g/mol. The van der Waals surface area contributed by atoms with E-state index in [1.54, 1.807) is 35.0 Å². The number of aromatic nitrogens is 2. The Morgan fingerprint density at radius 2 is 1.64 bits per heavy atom. The summed E-state index contributed by atoms with van der Waals surface area (Å²) in [5.74, 6) is -1.08. The van der Waals surface area contributed by atoms with Crippen molar-refractivity contribution in [2.45, 2.75) is 13.0 Å². The summed E-state index contributed by atoms with van der Waals surface area (Å²) in [5.41, 5.74) is 7.96. The summed E-state index contributed by atoms with van der Waals surface area (Å²) in [7, 11) is 0. The molecule has 126 valence electrons. The van der Waals surface area contributed by atoms with Crippen LogP contribution in [0.1, 0.15) is 27.8 Å². The zero-order valence-corrected chi connectivity index (χ0v) is 13.7. The number of para-hydroxylation sites is 1. The molecule has 0 fully saturated rings. The average Bonchev–Trinajstić information content (AvgIpc) is 3.02. The number of carbonyl (C=O) groups is 2. The van der Waals surface area contributed by atoms with Crippen LogP contribution in [0.5, 0.6) is 0 Å². The molecule has 1 aromatic heterocycles. The molecule has 0 unspecified atom stereocenters. The molecule has 3 rings (SSSR count). The first kappa shape index (κ1) is 16.4. The number of benzene rings is 2. The third-order valence-corrected chi connectivity index (χ3v) is 3.81. The lowest BCUT2D eigenvalue weighted by Crippen LogP contribution is -2.37. The Morgan fingerprint density at radius 1 is 1.04 bits per heavy atom. The van der Waals surface area contributed by atoms with Gasteiger partial charge in [0.2, 0.25) is 5.91 Å². The van der Waals surface area contributed by atoms with Gasteiger partial charge in [-0.1, -0.05) is 48.5 Å². The molecule has 3 N–H and O–H groups in total. The van der Waals surface area contributed by atoms with Gasteiger partial charge in [0.1, 0.15) is 6.04 Å². The highest BCUT2D eigenvalue weighted by Gasteiger charge is 2.22. The fraction of sp³-hybridized carbons (Fsp3) is 0.105. The number of amides is 2. The van der Waals surface area contributed by atoms with Gasteiger partial charge in [0, 0.05) is 5.69 Å². The quantitative estimate of drug-likeness (QED) is 0.749. The zero-order valence-electron chi connectivity index (χ0n) is 13.7. The molecule has 0 saturated carbocycles. The largest absolute Gasteiger partial charge is 0.368 e. The highest BCUT2D eigenvalue weighted by atomic mass is 16.2. The Labute approximate surface area is 145 Å². The van der Waals surface area contributed by atoms with Gasteiger partial charge in [-0.2, -0.15) is 5.10 Å². The second kappa shape index (κ2) is 7.00. The van der Waals surface area contributed by atoms with E-state index in [9.17, 15) is 9.59 Å². The van der Waals surface area contributed by atoms with Gasteiger partial charge in [0.15, 0.2) is 5.69 Å². The van der Waals surface area contributed by atoms with Gasteiger partial charge in [-0.25, -0.2) is 4.68 Å². The van der Waals surface area contributed by atoms with Crippen LogP contribution in [0.15, 0.2) is 66.7 Å². The van der Waals surface area contributed by atoms with E-state index >= 15 is 0 Å². The molecule has 1 atom stereocenters. The molecule has 2 aromatic carbocycles. The maximum atomic E-state index is 12.5. The number of carbonyl (C=O) groups excluding carboxylic acids is 2. The number of nitrogens with two attached hydrogens (primary N) is 1. The number of hydrogen-bond acceptors (Lipinski definition) is 3. The highest BCUT2D eigenvalue weighted by Crippen LogP contribution is 2.15. The van der Waals surface area contributed by atoms with Gasteiger partial charge < -0.3 is 11.1 Å². The topological polar surface area (TPSA) is 90.0 Å². The van der Waals surface area contributed by atoms with Crippen molar-refractivity contribution in [2.24, 2.45) is 5.73 Å². The maximum Gasteiger partial charge on any atom is 0.272 e. The summed E-state index contributed by atoms with van der Waals surface area (Å²) in [6.45, 7) is 1.86. The normalized spacial score (nSPS) is 11.7. The molecule has 0 aliphatic heterocycles. The maximum absolute atomic E-state index is 12.5. The summed E-state index contributed by atoms with van der Waals surface area (Å²) >= 11 is 0. The molecule has 3 aromatic rings. The van der Waals surface area contributed by atoms with Gasteiger partial charge in [-0.15, -0.1) is 0 Å². The SMILES string of the molecule is Cc1cc(C(=O)N[C@H](C(N)=O)c2ccccc2)nn1-c1ccccc1. The molecule has 0 aliphatic carbocycles. The Bertz CT molecular complexity index is 888. The standard InChI is InChI=1S/C19H18N4O2/c1-13-12-16(22-23(13)15-10-6-3-7-11-15)19(25)21-17(18(20)24)14-8-4-2-5-9-14/h2-12,17H,1H3,(H2,20,24)(H,21,25)/t17-/m0/s1. The molecule has 2 amide bonds. The molecular weight excluding hydrogens is 316 g/mol. The molecule has 25 heavy (non-hydrogen) atoms. The van der Waals surface area contributed by atoms with Gasteiger partial charge >= 0.3 is 0 Å². The minimum absolute atomic E-state index is 0.225. The molecule has 1 heterocycles. The number of nitrogens with zero attached hydrogens (tertiary/aromatic N) is 2. The third-order valence-electron chi connectivity index (χ3n) is 3.81. The van der Waals surface area contributed by atoms with Gasteiger partial charge in [0.05, 0.1) is 5.69 Å². The molecular formula is C19H18N4O2. The van der Waals surface area contributed by atoms with Crippen LogP contribution in [0.4, 0.5) is 0 Å². The van der Waals surface area contributed by atoms with E-state index in [-0.39, 0.29) is 5.69 Å². The van der Waals surface area contributed by atoms with Crippen molar-refractivity contribution in [3.63, 3.8) is 0 Å². The number of hydrogen-bond donors (Lipinski definition) is 2. The Hall–Kier alpha value is -3.41. The van der Waals surface area contributed by atoms with Gasteiger partial charge in [-0.3, -0.25) is 9.59 Å². The van der Waals surface area contributed by atoms with Crippen LogP contribution >= 0.6 is 0 Å². The van der Waals surface area contributed by atoms with E-state index in [1.807, 2.05) is 43.3 Å². The van der Waals surface area contributed by atoms with Crippen LogP contribution in [-0.4, -0.2) is 21.6 Å². The van der Waals surface area contributed by atoms with Gasteiger partial charge in [-0.05, 0) is 30.7 Å². The third kappa shape index (κ3) is 3.58. The summed E-state index contributed by atoms with van der Waals surface area (Å²) in [4.78, 5) is 24.3. The van der Waals surface area contributed by atoms with E-state index < -0.39 is 17.9 Å². The van der Waals surface area contributed by atoms with Crippen molar-refractivity contribution >= 4 is 11.8 Å². The zero-order chi connectivity index (χ0) is 17.8. The predicted molar refractivity (Wildman–Crippen MR) is 94.1 cm³/mol. The predicted octanol–water partition coefficient (Wildman–Crippen LogP) is 2.14. The lowest BCUT2D eigenvalue weighted by atomic mass is 10.1. The molecule has 0 spiro atoms. The van der Waals surface area contributed by atoms with E-state index in [4.69, 9.17) is 5.73 Å². The van der Waals surface area contributed by atoms with Crippen LogP contribution in [0.25, 0.3) is 5.69 Å². The first-order valence-corrected chi connectivity index (χ1v) is 7.83. The Morgan fingerprint density at radius 3 is 2.24 bits per heavy atom. The summed E-state index contributed by atoms with van der Waals surface area (Å²) < 4.78 is 1.68. The second-order valence-corrected chi connectivity index (χ2v) is 5.64. The van der Waals surface area contributed by atoms with Crippen LogP contribution in [0.3, 0.4) is 0 Å². The van der Waals surface area contributed by atoms with E-state index in [0.29, 0.717) is 5.56 Å². The van der Waals surface area contributed by atoms with Crippen LogP contribution < -0.4 is 11.1 Å². The van der Waals surface area contributed by atoms with Crippen molar-refractivity contribution in [1.82, 2.24) is 15.1 Å². The van der Waals surface area contributed by atoms with Crippen LogP contribution in [0, 0.1) is 6.92 Å². The lowest BCUT2D eigenvalue weighted by Gasteiger charge is -2.14. The first-order valence-electron chi connectivity index (χ1n) is 7.83. The van der Waals surface area contributed by atoms with Crippen molar-refractivity contribution in [3.8, 4) is 5.69 Å². The highest BCUT2D eigenvalue weighted by molar-refractivity contribution is 5.96. The van der Waals surface area contributed by atoms with E-state index in [0.717, 1.165) is 11.4 Å².